The maximum Gasteiger partial charge on any atom is 0.0250 e. The van der Waals surface area contributed by atoms with Gasteiger partial charge in [-0.25, -0.2) is 0 Å². The second-order valence-corrected chi connectivity index (χ2v) is 18.2. The summed E-state index contributed by atoms with van der Waals surface area (Å²) in [4.78, 5) is 5.55. The zero-order chi connectivity index (χ0) is 41.9. The lowest BCUT2D eigenvalue weighted by molar-refractivity contribution is 0.186. The highest BCUT2D eigenvalue weighted by atomic mass is 15.2. The van der Waals surface area contributed by atoms with Crippen LogP contribution in [-0.4, -0.2) is 22.9 Å². The van der Waals surface area contributed by atoms with Crippen molar-refractivity contribution in [2.75, 3.05) is 13.1 Å². The molecule has 0 spiro atoms. The Kier molecular flexibility index (Phi) is 7.95. The Bertz CT molecular complexity index is 3420. The Labute approximate surface area is 372 Å². The van der Waals surface area contributed by atoms with E-state index in [-0.39, 0.29) is 0 Å². The quantitative estimate of drug-likeness (QED) is 0.164. The van der Waals surface area contributed by atoms with Crippen LogP contribution >= 0.6 is 0 Å². The van der Waals surface area contributed by atoms with Gasteiger partial charge in [-0.15, -0.1) is 0 Å². The summed E-state index contributed by atoms with van der Waals surface area (Å²) in [6, 6.07) is 73.2. The van der Waals surface area contributed by atoms with E-state index >= 15 is 0 Å². The van der Waals surface area contributed by atoms with Crippen molar-refractivity contribution in [3.63, 3.8) is 0 Å². The van der Waals surface area contributed by atoms with Crippen LogP contribution in [0.4, 0.5) is 0 Å². The van der Waals surface area contributed by atoms with Crippen LogP contribution in [-0.2, 0) is 26.2 Å². The number of rotatable bonds is 3. The maximum absolute atomic E-state index is 2.77. The molecule has 0 amide bonds. The first kappa shape index (κ1) is 36.2. The topological polar surface area (TPSA) is 6.48 Å². The molecule has 0 saturated carbocycles. The fourth-order valence-electron chi connectivity index (χ4n) is 12.3. The number of hydrogen-bond donors (Lipinski definition) is 0. The van der Waals surface area contributed by atoms with Crippen LogP contribution in [0.5, 0.6) is 0 Å². The highest BCUT2D eigenvalue weighted by Gasteiger charge is 2.31. The van der Waals surface area contributed by atoms with Crippen molar-refractivity contribution in [2.45, 2.75) is 26.2 Å². The van der Waals surface area contributed by atoms with Gasteiger partial charge in [-0.3, -0.25) is 9.80 Å². The van der Waals surface area contributed by atoms with E-state index in [2.05, 4.69) is 204 Å². The lowest BCUT2D eigenvalue weighted by Gasteiger charge is -2.28. The molecule has 2 aliphatic heterocycles. The van der Waals surface area contributed by atoms with Crippen LogP contribution < -0.4 is 0 Å². The SMILES string of the molecule is c1ccc2c(c1)c1c(c3ccccc32)-c2c(c3ccccc3c3ccccc23)CN(CCN2Cc3c(c4ccccc4c4ccccc34)-c3c(c4ccccc4c4ccccc34)C2)C1. The lowest BCUT2D eigenvalue weighted by Crippen LogP contribution is -2.33. The van der Waals surface area contributed by atoms with Crippen LogP contribution in [0.1, 0.15) is 22.3 Å². The van der Waals surface area contributed by atoms with Crippen molar-refractivity contribution in [3.8, 4) is 22.3 Å². The molecule has 2 aliphatic rings. The molecular weight excluding hydrogens is 773 g/mol. The fourth-order valence-corrected chi connectivity index (χ4v) is 12.3. The van der Waals surface area contributed by atoms with E-state index in [4.69, 9.17) is 0 Å². The minimum atomic E-state index is 0.875. The van der Waals surface area contributed by atoms with E-state index < -0.39 is 0 Å². The summed E-state index contributed by atoms with van der Waals surface area (Å²) in [5.41, 5.74) is 11.4. The molecule has 0 aromatic heterocycles. The van der Waals surface area contributed by atoms with Crippen molar-refractivity contribution in [2.24, 2.45) is 0 Å². The summed E-state index contributed by atoms with van der Waals surface area (Å²) in [6.45, 7) is 5.37. The molecule has 64 heavy (non-hydrogen) atoms. The first-order valence-electron chi connectivity index (χ1n) is 22.9. The molecule has 0 unspecified atom stereocenters. The van der Waals surface area contributed by atoms with Crippen molar-refractivity contribution in [1.82, 2.24) is 9.80 Å². The number of nitrogens with zero attached hydrogens (tertiary/aromatic N) is 2. The van der Waals surface area contributed by atoms with E-state index in [9.17, 15) is 0 Å². The van der Waals surface area contributed by atoms with Gasteiger partial charge in [0.15, 0.2) is 0 Å². The molecule has 0 atom stereocenters. The van der Waals surface area contributed by atoms with Gasteiger partial charge in [-0.1, -0.05) is 194 Å². The minimum absolute atomic E-state index is 0.875. The average molecular weight is 817 g/mol. The Morgan fingerprint density at radius 2 is 0.359 bits per heavy atom. The smallest absolute Gasteiger partial charge is 0.0250 e. The van der Waals surface area contributed by atoms with E-state index in [1.807, 2.05) is 0 Å². The van der Waals surface area contributed by atoms with E-state index in [1.54, 1.807) is 0 Å². The molecule has 2 nitrogen and oxygen atoms in total. The first-order chi connectivity index (χ1) is 31.8. The van der Waals surface area contributed by atoms with Crippen molar-refractivity contribution < 1.29 is 0 Å². The van der Waals surface area contributed by atoms with E-state index in [1.165, 1.54) is 131 Å². The van der Waals surface area contributed by atoms with Crippen molar-refractivity contribution in [1.29, 1.82) is 0 Å². The molecule has 0 fully saturated rings. The third-order valence-electron chi connectivity index (χ3n) is 14.9. The summed E-state index contributed by atoms with van der Waals surface area (Å²) in [6.07, 6.45) is 0. The Balaban J connectivity index is 0.984. The summed E-state index contributed by atoms with van der Waals surface area (Å²) in [7, 11) is 0. The number of benzene rings is 12. The van der Waals surface area contributed by atoms with Gasteiger partial charge in [0.25, 0.3) is 0 Å². The summed E-state index contributed by atoms with van der Waals surface area (Å²) in [5.74, 6) is 0. The number of hydrogen-bond acceptors (Lipinski definition) is 2. The van der Waals surface area contributed by atoms with Gasteiger partial charge < -0.3 is 0 Å². The molecule has 0 aliphatic carbocycles. The molecule has 2 heteroatoms. The second kappa shape index (κ2) is 14.1. The van der Waals surface area contributed by atoms with Crippen LogP contribution in [0.2, 0.25) is 0 Å². The Hall–Kier alpha value is -7.36. The second-order valence-electron chi connectivity index (χ2n) is 18.2. The summed E-state index contributed by atoms with van der Waals surface area (Å²) >= 11 is 0. The molecule has 0 N–H and O–H groups in total. The van der Waals surface area contributed by atoms with Crippen molar-refractivity contribution >= 4 is 86.2 Å². The molecular formula is C62H44N2. The molecule has 0 radical (unpaired) electrons. The van der Waals surface area contributed by atoms with Crippen LogP contribution in [0, 0.1) is 0 Å². The monoisotopic (exact) mass is 816 g/mol. The van der Waals surface area contributed by atoms with E-state index in [0.29, 0.717) is 0 Å². The Morgan fingerprint density at radius 1 is 0.203 bits per heavy atom. The Morgan fingerprint density at radius 3 is 0.562 bits per heavy atom. The van der Waals surface area contributed by atoms with Gasteiger partial charge in [0, 0.05) is 39.3 Å². The normalized spacial score (nSPS) is 14.3. The molecule has 12 aromatic carbocycles. The van der Waals surface area contributed by atoms with Gasteiger partial charge in [-0.05, 0) is 131 Å². The third-order valence-corrected chi connectivity index (χ3v) is 14.9. The van der Waals surface area contributed by atoms with Crippen LogP contribution in [0.25, 0.3) is 108 Å². The zero-order valence-corrected chi connectivity index (χ0v) is 35.6. The summed E-state index contributed by atoms with van der Waals surface area (Å²) in [5, 5.41) is 21.5. The predicted octanol–water partition coefficient (Wildman–Crippen LogP) is 15.6. The molecule has 12 aromatic rings. The fraction of sp³-hybridized carbons (Fsp3) is 0.0968. The molecule has 2 heterocycles. The first-order valence-corrected chi connectivity index (χ1v) is 22.9. The zero-order valence-electron chi connectivity index (χ0n) is 35.6. The average Bonchev–Trinajstić information content (AvgIpc) is 3.66. The standard InChI is InChI=1S/C62H44N2/c1-5-25-47-39(17-1)43-21-9-13-29-51(43)59-55(47)35-63(36-56-48-26-6-2-18-40(48)44-22-10-14-30-52(44)60(56)59)33-34-64-37-57-49-27-7-3-19-41(49)45-23-11-15-31-53(45)61(57)62-54-32-16-12-24-46(54)42-20-4-8-28-50(42)58(62)38-64/h1-32H,33-38H2. The molecule has 0 bridgehead atoms. The van der Waals surface area contributed by atoms with Crippen molar-refractivity contribution in [3.05, 3.63) is 216 Å². The highest BCUT2D eigenvalue weighted by Crippen LogP contribution is 2.50. The minimum Gasteiger partial charge on any atom is -0.293 e. The highest BCUT2D eigenvalue weighted by molar-refractivity contribution is 6.24. The molecule has 302 valence electrons. The van der Waals surface area contributed by atoms with Crippen LogP contribution in [0.15, 0.2) is 194 Å². The van der Waals surface area contributed by atoms with Gasteiger partial charge in [0.2, 0.25) is 0 Å². The van der Waals surface area contributed by atoms with Gasteiger partial charge in [0.1, 0.15) is 0 Å². The van der Waals surface area contributed by atoms with Gasteiger partial charge >= 0.3 is 0 Å². The molecule has 0 saturated heterocycles. The maximum atomic E-state index is 2.77. The number of fused-ring (bicyclic) bond motifs is 26. The third kappa shape index (κ3) is 5.21. The predicted molar refractivity (Wildman–Crippen MR) is 272 cm³/mol. The van der Waals surface area contributed by atoms with Crippen LogP contribution in [0.3, 0.4) is 0 Å². The summed E-state index contributed by atoms with van der Waals surface area (Å²) < 4.78 is 0. The lowest BCUT2D eigenvalue weighted by atomic mass is 9.83. The largest absolute Gasteiger partial charge is 0.293 e. The van der Waals surface area contributed by atoms with Gasteiger partial charge in [-0.2, -0.15) is 0 Å². The van der Waals surface area contributed by atoms with Gasteiger partial charge in [0.05, 0.1) is 0 Å². The van der Waals surface area contributed by atoms with E-state index in [0.717, 1.165) is 39.3 Å². The molecule has 14 rings (SSSR count).